The molecule has 0 saturated carbocycles. The maximum Gasteiger partial charge on any atom is 0.129 e. The summed E-state index contributed by atoms with van der Waals surface area (Å²) in [5.74, 6) is 0. The van der Waals surface area contributed by atoms with Crippen molar-refractivity contribution < 1.29 is 0 Å². The molecule has 0 aliphatic carbocycles. The van der Waals surface area contributed by atoms with Gasteiger partial charge in [0, 0.05) is 12.2 Å². The Morgan fingerprint density at radius 1 is 1.67 bits per heavy atom. The summed E-state index contributed by atoms with van der Waals surface area (Å²) in [4.78, 5) is 4.06. The van der Waals surface area contributed by atoms with Crippen LogP contribution >= 0.6 is 11.6 Å². The first-order valence-electron chi connectivity index (χ1n) is 4.15. The number of rotatable bonds is 0. The first kappa shape index (κ1) is 8.02. The van der Waals surface area contributed by atoms with Crippen LogP contribution in [0.3, 0.4) is 0 Å². The van der Waals surface area contributed by atoms with Gasteiger partial charge in [0.2, 0.25) is 0 Å². The molecular weight excluding hydrogens is 172 g/mol. The Kier molecular flexibility index (Phi) is 2.03. The largest absolute Gasteiger partial charge is 0.310 e. The lowest BCUT2D eigenvalue weighted by atomic mass is 9.98. The third kappa shape index (κ3) is 1.32. The highest BCUT2D eigenvalue weighted by Gasteiger charge is 2.15. The fraction of sp³-hybridized carbons (Fsp3) is 0.444. The fourth-order valence-corrected chi connectivity index (χ4v) is 1.78. The van der Waals surface area contributed by atoms with Crippen molar-refractivity contribution in [3.63, 3.8) is 0 Å². The van der Waals surface area contributed by atoms with Crippen LogP contribution in [-0.2, 0) is 6.42 Å². The molecule has 1 aliphatic rings. The molecule has 2 nitrogen and oxygen atoms in total. The van der Waals surface area contributed by atoms with Crippen molar-refractivity contribution in [2.75, 3.05) is 6.54 Å². The van der Waals surface area contributed by atoms with Gasteiger partial charge in [-0.2, -0.15) is 0 Å². The van der Waals surface area contributed by atoms with E-state index in [-0.39, 0.29) is 0 Å². The number of nitrogens with zero attached hydrogens (tertiary/aromatic N) is 1. The summed E-state index contributed by atoms with van der Waals surface area (Å²) in [7, 11) is 0. The van der Waals surface area contributed by atoms with E-state index in [1.165, 1.54) is 11.1 Å². The first-order chi connectivity index (χ1) is 5.77. The minimum atomic E-state index is 0.411. The Hall–Kier alpha value is -0.600. The number of aromatic nitrogens is 1. The van der Waals surface area contributed by atoms with Crippen LogP contribution < -0.4 is 5.32 Å². The molecular formula is C9H11ClN2. The topological polar surface area (TPSA) is 24.9 Å². The molecule has 0 fully saturated rings. The predicted molar refractivity (Wildman–Crippen MR) is 49.4 cm³/mol. The van der Waals surface area contributed by atoms with Gasteiger partial charge in [-0.3, -0.25) is 0 Å². The van der Waals surface area contributed by atoms with Crippen molar-refractivity contribution in [1.29, 1.82) is 0 Å². The molecule has 0 spiro atoms. The van der Waals surface area contributed by atoms with Gasteiger partial charge in [-0.25, -0.2) is 4.98 Å². The minimum Gasteiger partial charge on any atom is -0.310 e. The Morgan fingerprint density at radius 3 is 3.33 bits per heavy atom. The van der Waals surface area contributed by atoms with Crippen LogP contribution in [0.15, 0.2) is 12.3 Å². The van der Waals surface area contributed by atoms with Gasteiger partial charge >= 0.3 is 0 Å². The minimum absolute atomic E-state index is 0.411. The van der Waals surface area contributed by atoms with Gasteiger partial charge in [-0.1, -0.05) is 11.6 Å². The molecule has 0 bridgehead atoms. The average Bonchev–Trinajstić information content (AvgIpc) is 2.07. The smallest absolute Gasteiger partial charge is 0.129 e. The second-order valence-electron chi connectivity index (χ2n) is 3.13. The van der Waals surface area contributed by atoms with Crippen LogP contribution in [0, 0.1) is 0 Å². The maximum atomic E-state index is 5.80. The molecule has 2 heterocycles. The Bertz CT molecular complexity index is 299. The molecule has 0 amide bonds. The Labute approximate surface area is 77.0 Å². The van der Waals surface area contributed by atoms with Gasteiger partial charge in [-0.15, -0.1) is 0 Å². The standard InChI is InChI=1S/C9H11ClN2/c1-6-8-4-9(10)12-5-7(8)2-3-11-6/h4-6,11H,2-3H2,1H3. The summed E-state index contributed by atoms with van der Waals surface area (Å²) >= 11 is 5.80. The SMILES string of the molecule is CC1NCCc2cnc(Cl)cc21. The Morgan fingerprint density at radius 2 is 2.50 bits per heavy atom. The molecule has 1 atom stereocenters. The van der Waals surface area contributed by atoms with Crippen molar-refractivity contribution in [2.45, 2.75) is 19.4 Å². The van der Waals surface area contributed by atoms with Crippen LogP contribution in [-0.4, -0.2) is 11.5 Å². The molecule has 64 valence electrons. The third-order valence-corrected chi connectivity index (χ3v) is 2.51. The molecule has 1 aliphatic heterocycles. The highest BCUT2D eigenvalue weighted by atomic mass is 35.5. The molecule has 12 heavy (non-hydrogen) atoms. The van der Waals surface area contributed by atoms with Gasteiger partial charge in [0.15, 0.2) is 0 Å². The van der Waals surface area contributed by atoms with Gasteiger partial charge < -0.3 is 5.32 Å². The number of pyridine rings is 1. The van der Waals surface area contributed by atoms with Crippen LogP contribution in [0.1, 0.15) is 24.1 Å². The van der Waals surface area contributed by atoms with Gasteiger partial charge in [0.1, 0.15) is 5.15 Å². The van der Waals surface area contributed by atoms with E-state index >= 15 is 0 Å². The molecule has 0 aromatic carbocycles. The van der Waals surface area contributed by atoms with Crippen molar-refractivity contribution in [3.05, 3.63) is 28.5 Å². The second-order valence-corrected chi connectivity index (χ2v) is 3.52. The van der Waals surface area contributed by atoms with E-state index in [4.69, 9.17) is 11.6 Å². The molecule has 1 aromatic rings. The molecule has 2 rings (SSSR count). The van der Waals surface area contributed by atoms with E-state index < -0.39 is 0 Å². The van der Waals surface area contributed by atoms with Crippen molar-refractivity contribution in [2.24, 2.45) is 0 Å². The van der Waals surface area contributed by atoms with E-state index in [9.17, 15) is 0 Å². The zero-order valence-corrected chi connectivity index (χ0v) is 7.73. The lowest BCUT2D eigenvalue weighted by molar-refractivity contribution is 0.539. The van der Waals surface area contributed by atoms with E-state index in [1.807, 2.05) is 12.3 Å². The number of nitrogens with one attached hydrogen (secondary N) is 1. The van der Waals surface area contributed by atoms with Crippen LogP contribution in [0.5, 0.6) is 0 Å². The normalized spacial score (nSPS) is 22.0. The quantitative estimate of drug-likeness (QED) is 0.621. The fourth-order valence-electron chi connectivity index (χ4n) is 1.62. The monoisotopic (exact) mass is 182 g/mol. The Balaban J connectivity index is 2.47. The second kappa shape index (κ2) is 3.04. The number of hydrogen-bond acceptors (Lipinski definition) is 2. The molecule has 0 saturated heterocycles. The van der Waals surface area contributed by atoms with E-state index in [2.05, 4.69) is 17.2 Å². The highest BCUT2D eigenvalue weighted by molar-refractivity contribution is 6.29. The highest BCUT2D eigenvalue weighted by Crippen LogP contribution is 2.23. The summed E-state index contributed by atoms with van der Waals surface area (Å²) in [5.41, 5.74) is 2.62. The number of fused-ring (bicyclic) bond motifs is 1. The molecule has 0 radical (unpaired) electrons. The summed E-state index contributed by atoms with van der Waals surface area (Å²) in [6, 6.07) is 2.36. The van der Waals surface area contributed by atoms with Crippen LogP contribution in [0.4, 0.5) is 0 Å². The maximum absolute atomic E-state index is 5.80. The summed E-state index contributed by atoms with van der Waals surface area (Å²) in [6.07, 6.45) is 2.94. The van der Waals surface area contributed by atoms with E-state index in [1.54, 1.807) is 0 Å². The van der Waals surface area contributed by atoms with E-state index in [0.29, 0.717) is 11.2 Å². The van der Waals surface area contributed by atoms with Crippen molar-refractivity contribution in [1.82, 2.24) is 10.3 Å². The number of halogens is 1. The zero-order chi connectivity index (χ0) is 8.55. The van der Waals surface area contributed by atoms with Crippen LogP contribution in [0.2, 0.25) is 5.15 Å². The van der Waals surface area contributed by atoms with Gasteiger partial charge in [0.25, 0.3) is 0 Å². The molecule has 1 unspecified atom stereocenters. The third-order valence-electron chi connectivity index (χ3n) is 2.30. The molecule has 3 heteroatoms. The summed E-state index contributed by atoms with van der Waals surface area (Å²) < 4.78 is 0. The summed E-state index contributed by atoms with van der Waals surface area (Å²) in [5, 5.41) is 3.97. The van der Waals surface area contributed by atoms with Gasteiger partial charge in [-0.05, 0) is 37.1 Å². The predicted octanol–water partition coefficient (Wildman–Crippen LogP) is 1.94. The van der Waals surface area contributed by atoms with E-state index in [0.717, 1.165) is 13.0 Å². The van der Waals surface area contributed by atoms with Crippen molar-refractivity contribution >= 4 is 11.6 Å². The number of hydrogen-bond donors (Lipinski definition) is 1. The molecule has 1 N–H and O–H groups in total. The first-order valence-corrected chi connectivity index (χ1v) is 4.53. The average molecular weight is 183 g/mol. The lowest BCUT2D eigenvalue weighted by Gasteiger charge is -2.23. The summed E-state index contributed by atoms with van der Waals surface area (Å²) in [6.45, 7) is 3.19. The van der Waals surface area contributed by atoms with Gasteiger partial charge in [0.05, 0.1) is 0 Å². The zero-order valence-electron chi connectivity index (χ0n) is 6.97. The van der Waals surface area contributed by atoms with Crippen molar-refractivity contribution in [3.8, 4) is 0 Å². The molecule has 1 aromatic heterocycles. The lowest BCUT2D eigenvalue weighted by Crippen LogP contribution is -2.27. The van der Waals surface area contributed by atoms with Crippen LogP contribution in [0.25, 0.3) is 0 Å².